The van der Waals surface area contributed by atoms with Gasteiger partial charge in [-0.1, -0.05) is 15.9 Å². The van der Waals surface area contributed by atoms with Crippen molar-refractivity contribution in [2.24, 2.45) is 5.73 Å². The first kappa shape index (κ1) is 18.8. The van der Waals surface area contributed by atoms with Crippen molar-refractivity contribution in [3.05, 3.63) is 28.7 Å². The Balaban J connectivity index is 0.00000324. The Hall–Kier alpha value is -0.230. The number of carbonyl (C=O) groups is 1. The molecule has 1 atom stereocenters. The average Bonchev–Trinajstić information content (AvgIpc) is 2.31. The fourth-order valence-corrected chi connectivity index (χ4v) is 2.39. The van der Waals surface area contributed by atoms with E-state index in [0.717, 1.165) is 9.37 Å². The van der Waals surface area contributed by atoms with Gasteiger partial charge in [-0.25, -0.2) is 0 Å². The van der Waals surface area contributed by atoms with E-state index < -0.39 is 0 Å². The van der Waals surface area contributed by atoms with E-state index >= 15 is 0 Å². The Kier molecular flexibility index (Phi) is 8.05. The molecule has 0 spiro atoms. The summed E-state index contributed by atoms with van der Waals surface area (Å²) in [5.74, 6) is 0.0124. The van der Waals surface area contributed by atoms with Crippen molar-refractivity contribution >= 4 is 46.0 Å². The van der Waals surface area contributed by atoms with Crippen LogP contribution in [0.4, 0.5) is 0 Å². The molecule has 0 fully saturated rings. The molecule has 1 aromatic carbocycles. The minimum Gasteiger partial charge on any atom is -0.349 e. The van der Waals surface area contributed by atoms with Gasteiger partial charge < -0.3 is 11.1 Å². The zero-order chi connectivity index (χ0) is 13.8. The normalized spacial score (nSPS) is 12.5. The Bertz CT molecular complexity index is 412. The second-order valence-corrected chi connectivity index (χ2v) is 7.12. The van der Waals surface area contributed by atoms with E-state index in [2.05, 4.69) is 21.2 Å². The van der Waals surface area contributed by atoms with Crippen LogP contribution in [0.3, 0.4) is 0 Å². The molecule has 1 amide bonds. The number of hydrogen-bond acceptors (Lipinski definition) is 3. The lowest BCUT2D eigenvalue weighted by Crippen LogP contribution is -2.51. The third-order valence-corrected chi connectivity index (χ3v) is 4.11. The third-order valence-electron chi connectivity index (χ3n) is 2.47. The number of halogens is 2. The number of thioether (sulfide) groups is 1. The molecule has 19 heavy (non-hydrogen) atoms. The lowest BCUT2D eigenvalue weighted by Gasteiger charge is -2.26. The molecule has 1 unspecified atom stereocenters. The SMILES string of the molecule is CC(Sc1ccc(Br)cc1)C(=O)NC(C)(C)CN.Cl. The number of hydrogen-bond donors (Lipinski definition) is 2. The predicted octanol–water partition coefficient (Wildman–Crippen LogP) is 3.21. The van der Waals surface area contributed by atoms with Crippen LogP contribution in [0.2, 0.25) is 0 Å². The summed E-state index contributed by atoms with van der Waals surface area (Å²) in [6, 6.07) is 7.92. The summed E-state index contributed by atoms with van der Waals surface area (Å²) < 4.78 is 1.04. The number of rotatable bonds is 5. The maximum absolute atomic E-state index is 12.0. The molecular formula is C13H20BrClN2OS. The van der Waals surface area contributed by atoms with Gasteiger partial charge >= 0.3 is 0 Å². The number of amides is 1. The topological polar surface area (TPSA) is 55.1 Å². The van der Waals surface area contributed by atoms with Crippen LogP contribution in [0, 0.1) is 0 Å². The molecule has 108 valence electrons. The summed E-state index contributed by atoms with van der Waals surface area (Å²) >= 11 is 4.93. The summed E-state index contributed by atoms with van der Waals surface area (Å²) in [4.78, 5) is 13.1. The Morgan fingerprint density at radius 3 is 2.42 bits per heavy atom. The van der Waals surface area contributed by atoms with Crippen LogP contribution in [-0.2, 0) is 4.79 Å². The van der Waals surface area contributed by atoms with Crippen LogP contribution in [0.25, 0.3) is 0 Å². The Labute approximate surface area is 133 Å². The molecule has 0 radical (unpaired) electrons. The predicted molar refractivity (Wildman–Crippen MR) is 88.0 cm³/mol. The van der Waals surface area contributed by atoms with Crippen LogP contribution in [0.1, 0.15) is 20.8 Å². The van der Waals surface area contributed by atoms with Gasteiger partial charge in [0.1, 0.15) is 0 Å². The highest BCUT2D eigenvalue weighted by atomic mass is 79.9. The van der Waals surface area contributed by atoms with Crippen molar-refractivity contribution in [1.29, 1.82) is 0 Å². The van der Waals surface area contributed by atoms with Gasteiger partial charge in [-0.05, 0) is 45.0 Å². The van der Waals surface area contributed by atoms with Gasteiger partial charge in [0.25, 0.3) is 0 Å². The number of benzene rings is 1. The highest BCUT2D eigenvalue weighted by Crippen LogP contribution is 2.25. The first-order chi connectivity index (χ1) is 8.34. The molecule has 6 heteroatoms. The Morgan fingerprint density at radius 2 is 1.95 bits per heavy atom. The van der Waals surface area contributed by atoms with Crippen molar-refractivity contribution in [1.82, 2.24) is 5.32 Å². The zero-order valence-corrected chi connectivity index (χ0v) is 14.5. The zero-order valence-electron chi connectivity index (χ0n) is 11.3. The average molecular weight is 368 g/mol. The Morgan fingerprint density at radius 1 is 1.42 bits per heavy atom. The smallest absolute Gasteiger partial charge is 0.233 e. The van der Waals surface area contributed by atoms with Gasteiger partial charge in [0.15, 0.2) is 0 Å². The van der Waals surface area contributed by atoms with Crippen molar-refractivity contribution in [2.75, 3.05) is 6.54 Å². The van der Waals surface area contributed by atoms with Gasteiger partial charge in [0, 0.05) is 21.5 Å². The van der Waals surface area contributed by atoms with E-state index in [1.807, 2.05) is 45.0 Å². The first-order valence-electron chi connectivity index (χ1n) is 5.78. The standard InChI is InChI=1S/C13H19BrN2OS.ClH/c1-9(12(17)16-13(2,3)8-15)18-11-6-4-10(14)5-7-11;/h4-7,9H,8,15H2,1-3H3,(H,16,17);1H. The third kappa shape index (κ3) is 6.65. The molecule has 0 aromatic heterocycles. The lowest BCUT2D eigenvalue weighted by molar-refractivity contribution is -0.121. The molecule has 0 saturated heterocycles. The lowest BCUT2D eigenvalue weighted by atomic mass is 10.1. The molecule has 0 aliphatic rings. The van der Waals surface area contributed by atoms with Crippen LogP contribution >= 0.6 is 40.1 Å². The minimum absolute atomic E-state index is 0. The van der Waals surface area contributed by atoms with E-state index in [4.69, 9.17) is 5.73 Å². The maximum atomic E-state index is 12.0. The van der Waals surface area contributed by atoms with Crippen molar-refractivity contribution in [3.63, 3.8) is 0 Å². The largest absolute Gasteiger partial charge is 0.349 e. The summed E-state index contributed by atoms with van der Waals surface area (Å²) in [5, 5.41) is 2.80. The molecule has 0 bridgehead atoms. The van der Waals surface area contributed by atoms with E-state index in [-0.39, 0.29) is 29.1 Å². The van der Waals surface area contributed by atoms with Gasteiger partial charge in [-0.2, -0.15) is 0 Å². The molecule has 3 N–H and O–H groups in total. The molecule has 0 saturated carbocycles. The first-order valence-corrected chi connectivity index (χ1v) is 7.45. The van der Waals surface area contributed by atoms with Gasteiger partial charge in [-0.3, -0.25) is 4.79 Å². The van der Waals surface area contributed by atoms with Gasteiger partial charge in [0.2, 0.25) is 5.91 Å². The van der Waals surface area contributed by atoms with Crippen LogP contribution in [0.5, 0.6) is 0 Å². The highest BCUT2D eigenvalue weighted by Gasteiger charge is 2.22. The molecule has 1 aromatic rings. The molecule has 0 aliphatic heterocycles. The van der Waals surface area contributed by atoms with Crippen molar-refractivity contribution in [3.8, 4) is 0 Å². The maximum Gasteiger partial charge on any atom is 0.233 e. The quantitative estimate of drug-likeness (QED) is 0.786. The minimum atomic E-state index is -0.356. The van der Waals surface area contributed by atoms with Gasteiger partial charge in [0.05, 0.1) is 5.25 Å². The fourth-order valence-electron chi connectivity index (χ4n) is 1.26. The molecule has 0 heterocycles. The van der Waals surface area contributed by atoms with Gasteiger partial charge in [-0.15, -0.1) is 24.2 Å². The molecule has 0 aliphatic carbocycles. The van der Waals surface area contributed by atoms with E-state index in [0.29, 0.717) is 6.54 Å². The van der Waals surface area contributed by atoms with Crippen LogP contribution in [0.15, 0.2) is 33.6 Å². The van der Waals surface area contributed by atoms with E-state index in [9.17, 15) is 4.79 Å². The molecular weight excluding hydrogens is 348 g/mol. The summed E-state index contributed by atoms with van der Waals surface area (Å²) in [6.07, 6.45) is 0. The second kappa shape index (κ2) is 8.15. The summed E-state index contributed by atoms with van der Waals surface area (Å²) in [5.41, 5.74) is 5.24. The fraction of sp³-hybridized carbons (Fsp3) is 0.462. The number of carbonyl (C=O) groups excluding carboxylic acids is 1. The highest BCUT2D eigenvalue weighted by molar-refractivity contribution is 9.10. The molecule has 3 nitrogen and oxygen atoms in total. The number of nitrogens with one attached hydrogen (secondary N) is 1. The summed E-state index contributed by atoms with van der Waals surface area (Å²) in [6.45, 7) is 6.16. The monoisotopic (exact) mass is 366 g/mol. The van der Waals surface area contributed by atoms with Crippen LogP contribution < -0.4 is 11.1 Å². The van der Waals surface area contributed by atoms with Crippen LogP contribution in [-0.4, -0.2) is 23.2 Å². The van der Waals surface area contributed by atoms with Crippen molar-refractivity contribution in [2.45, 2.75) is 36.5 Å². The number of nitrogens with two attached hydrogens (primary N) is 1. The van der Waals surface area contributed by atoms with Crippen molar-refractivity contribution < 1.29 is 4.79 Å². The summed E-state index contributed by atoms with van der Waals surface area (Å²) in [7, 11) is 0. The second-order valence-electron chi connectivity index (χ2n) is 4.79. The van der Waals surface area contributed by atoms with E-state index in [1.165, 1.54) is 11.8 Å². The van der Waals surface area contributed by atoms with E-state index in [1.54, 1.807) is 0 Å². The molecule has 1 rings (SSSR count).